The van der Waals surface area contributed by atoms with E-state index >= 15 is 0 Å². The van der Waals surface area contributed by atoms with Gasteiger partial charge in [0.05, 0.1) is 13.5 Å². The average Bonchev–Trinajstić information content (AvgIpc) is 2.58. The number of hydrogen-bond acceptors (Lipinski definition) is 6. The van der Waals surface area contributed by atoms with Crippen LogP contribution in [0.25, 0.3) is 0 Å². The molecule has 3 fully saturated rings. The number of aliphatic hydroxyl groups excluding tert-OH is 1. The second kappa shape index (κ2) is 5.66. The van der Waals surface area contributed by atoms with E-state index in [1.54, 1.807) is 0 Å². The largest absolute Gasteiger partial charge is 0.493 e. The first-order valence-electron chi connectivity index (χ1n) is 9.79. The third-order valence-electron chi connectivity index (χ3n) is 8.24. The van der Waals surface area contributed by atoms with Gasteiger partial charge in [0, 0.05) is 22.7 Å². The van der Waals surface area contributed by atoms with Crippen LogP contribution in [0.2, 0.25) is 0 Å². The minimum atomic E-state index is -1.06. The van der Waals surface area contributed by atoms with Crippen LogP contribution in [0.4, 0.5) is 0 Å². The Morgan fingerprint density at radius 1 is 1.19 bits per heavy atom. The van der Waals surface area contributed by atoms with E-state index in [1.807, 2.05) is 27.7 Å². The van der Waals surface area contributed by atoms with Crippen molar-refractivity contribution in [1.29, 1.82) is 0 Å². The van der Waals surface area contributed by atoms with Gasteiger partial charge >= 0.3 is 5.97 Å². The van der Waals surface area contributed by atoms with Gasteiger partial charge in [0.25, 0.3) is 0 Å². The van der Waals surface area contributed by atoms with Crippen LogP contribution in [0.15, 0.2) is 11.3 Å². The molecule has 1 aliphatic heterocycles. The standard InChI is InChI=1S/C21H28O6/c1-9-6-13(22)19(25)21(4)11(9)7-14-20(3)12(8-15(23)27-14)10(2)17(26-5)16(24)18(20)21/h9,11-14,18,22H,6-8H2,1-5H3/t9-,11+,12+,13?,14-,18+,20-,21+/m1/s1. The number of Topliss-reactive ketones (excluding diaryl/α,β-unsaturated/α-hetero) is 2. The lowest BCUT2D eigenvalue weighted by Gasteiger charge is -2.65. The van der Waals surface area contributed by atoms with Gasteiger partial charge in [-0.2, -0.15) is 0 Å². The predicted octanol–water partition coefficient (Wildman–Crippen LogP) is 2.04. The third-order valence-corrected chi connectivity index (χ3v) is 8.24. The van der Waals surface area contributed by atoms with Crippen molar-refractivity contribution >= 4 is 17.5 Å². The quantitative estimate of drug-likeness (QED) is 0.705. The van der Waals surface area contributed by atoms with E-state index in [4.69, 9.17) is 9.47 Å². The van der Waals surface area contributed by atoms with Gasteiger partial charge in [0.1, 0.15) is 12.2 Å². The fourth-order valence-corrected chi connectivity index (χ4v) is 7.02. The lowest BCUT2D eigenvalue weighted by atomic mass is 9.39. The third kappa shape index (κ3) is 2.08. The second-order valence-electron chi connectivity index (χ2n) is 9.33. The number of aliphatic hydroxyl groups is 1. The van der Waals surface area contributed by atoms with Gasteiger partial charge < -0.3 is 14.6 Å². The van der Waals surface area contributed by atoms with Crippen LogP contribution in [0.5, 0.6) is 0 Å². The molecule has 0 amide bonds. The fourth-order valence-electron chi connectivity index (χ4n) is 7.02. The summed E-state index contributed by atoms with van der Waals surface area (Å²) in [5.41, 5.74) is -0.900. The summed E-state index contributed by atoms with van der Waals surface area (Å²) in [5, 5.41) is 10.4. The van der Waals surface area contributed by atoms with E-state index in [0.717, 1.165) is 5.57 Å². The molecule has 0 aromatic heterocycles. The highest BCUT2D eigenvalue weighted by Crippen LogP contribution is 2.67. The van der Waals surface area contributed by atoms with E-state index in [2.05, 4.69) is 0 Å². The van der Waals surface area contributed by atoms with Crippen molar-refractivity contribution in [2.75, 3.05) is 7.11 Å². The molecule has 0 radical (unpaired) electrons. The number of carbonyl (C=O) groups excluding carboxylic acids is 3. The highest BCUT2D eigenvalue weighted by Gasteiger charge is 2.72. The summed E-state index contributed by atoms with van der Waals surface area (Å²) in [5.74, 6) is -1.40. The highest BCUT2D eigenvalue weighted by atomic mass is 16.5. The van der Waals surface area contributed by atoms with Crippen molar-refractivity contribution in [3.63, 3.8) is 0 Å². The van der Waals surface area contributed by atoms with Gasteiger partial charge in [0.15, 0.2) is 11.5 Å². The number of fused-ring (bicyclic) bond motifs is 2. The summed E-state index contributed by atoms with van der Waals surface area (Å²) >= 11 is 0. The van der Waals surface area contributed by atoms with Crippen molar-refractivity contribution in [2.45, 2.75) is 59.2 Å². The van der Waals surface area contributed by atoms with Crippen LogP contribution in [0, 0.1) is 34.5 Å². The van der Waals surface area contributed by atoms with Gasteiger partial charge in [-0.05, 0) is 37.2 Å². The molecule has 148 valence electrons. The Morgan fingerprint density at radius 2 is 1.85 bits per heavy atom. The molecule has 27 heavy (non-hydrogen) atoms. The molecule has 4 aliphatic rings. The summed E-state index contributed by atoms with van der Waals surface area (Å²) in [4.78, 5) is 39.2. The molecule has 0 spiro atoms. The second-order valence-corrected chi connectivity index (χ2v) is 9.33. The Balaban J connectivity index is 1.97. The number of carbonyl (C=O) groups is 3. The first kappa shape index (κ1) is 18.7. The fraction of sp³-hybridized carbons (Fsp3) is 0.762. The summed E-state index contributed by atoms with van der Waals surface area (Å²) in [6, 6.07) is 0. The zero-order valence-electron chi connectivity index (χ0n) is 16.6. The van der Waals surface area contributed by atoms with Crippen LogP contribution in [0.1, 0.15) is 47.0 Å². The van der Waals surface area contributed by atoms with Crippen molar-refractivity contribution in [3.05, 3.63) is 11.3 Å². The number of allylic oxidation sites excluding steroid dienone is 2. The highest BCUT2D eigenvalue weighted by molar-refractivity contribution is 6.04. The number of hydrogen-bond donors (Lipinski definition) is 1. The van der Waals surface area contributed by atoms with Crippen LogP contribution in [0.3, 0.4) is 0 Å². The predicted molar refractivity (Wildman–Crippen MR) is 95.3 cm³/mol. The van der Waals surface area contributed by atoms with E-state index in [-0.39, 0.29) is 47.5 Å². The van der Waals surface area contributed by atoms with Crippen LogP contribution >= 0.6 is 0 Å². The summed E-state index contributed by atoms with van der Waals surface area (Å²) in [7, 11) is 1.46. The minimum absolute atomic E-state index is 0.0529. The summed E-state index contributed by atoms with van der Waals surface area (Å²) in [6.07, 6.45) is -0.352. The molecular weight excluding hydrogens is 348 g/mol. The van der Waals surface area contributed by atoms with Crippen molar-refractivity contribution in [1.82, 2.24) is 0 Å². The maximum Gasteiger partial charge on any atom is 0.306 e. The lowest BCUT2D eigenvalue weighted by Crippen LogP contribution is -2.70. The Hall–Kier alpha value is -1.69. The molecule has 0 aromatic carbocycles. The maximum absolute atomic E-state index is 13.6. The van der Waals surface area contributed by atoms with E-state index in [0.29, 0.717) is 12.8 Å². The Bertz CT molecular complexity index is 769. The van der Waals surface area contributed by atoms with Gasteiger partial charge in [0.2, 0.25) is 5.78 Å². The van der Waals surface area contributed by atoms with Crippen LogP contribution in [-0.4, -0.2) is 42.0 Å². The monoisotopic (exact) mass is 376 g/mol. The molecule has 6 nitrogen and oxygen atoms in total. The zero-order valence-corrected chi connectivity index (χ0v) is 16.6. The topological polar surface area (TPSA) is 89.9 Å². The molecule has 2 saturated carbocycles. The van der Waals surface area contributed by atoms with Gasteiger partial charge in [-0.1, -0.05) is 20.8 Å². The first-order valence-corrected chi connectivity index (χ1v) is 9.79. The average molecular weight is 376 g/mol. The minimum Gasteiger partial charge on any atom is -0.493 e. The Labute approximate surface area is 159 Å². The van der Waals surface area contributed by atoms with E-state index in [1.165, 1.54) is 7.11 Å². The SMILES string of the molecule is COC1=C(C)[C@@H]2CC(=O)O[C@@H]3C[C@H]4[C@H](C)CC(O)C(=O)[C@]4(C)[C@@H](C1=O)[C@@]32C. The maximum atomic E-state index is 13.6. The van der Waals surface area contributed by atoms with Crippen LogP contribution in [-0.2, 0) is 23.9 Å². The molecule has 0 aromatic rings. The molecule has 1 saturated heterocycles. The normalized spacial score (nSPS) is 49.3. The molecule has 1 N–H and O–H groups in total. The Morgan fingerprint density at radius 3 is 2.48 bits per heavy atom. The van der Waals surface area contributed by atoms with E-state index in [9.17, 15) is 19.5 Å². The van der Waals surface area contributed by atoms with Crippen LogP contribution < -0.4 is 0 Å². The lowest BCUT2D eigenvalue weighted by molar-refractivity contribution is -0.224. The number of rotatable bonds is 1. The van der Waals surface area contributed by atoms with Gasteiger partial charge in [-0.25, -0.2) is 0 Å². The Kier molecular flexibility index (Phi) is 3.91. The van der Waals surface area contributed by atoms with Crippen molar-refractivity contribution < 1.29 is 29.0 Å². The molecule has 1 unspecified atom stereocenters. The summed E-state index contributed by atoms with van der Waals surface area (Å²) < 4.78 is 11.2. The summed E-state index contributed by atoms with van der Waals surface area (Å²) in [6.45, 7) is 7.67. The molecule has 8 atom stereocenters. The number of methoxy groups -OCH3 is 1. The molecule has 6 heteroatoms. The van der Waals surface area contributed by atoms with Crippen molar-refractivity contribution in [3.8, 4) is 0 Å². The van der Waals surface area contributed by atoms with Crippen molar-refractivity contribution in [2.24, 2.45) is 34.5 Å². The van der Waals surface area contributed by atoms with E-state index < -0.39 is 29.0 Å². The van der Waals surface area contributed by atoms with Gasteiger partial charge in [-0.15, -0.1) is 0 Å². The number of esters is 1. The zero-order chi connectivity index (χ0) is 19.9. The van der Waals surface area contributed by atoms with Gasteiger partial charge in [-0.3, -0.25) is 14.4 Å². The molecule has 0 bridgehead atoms. The molecular formula is C21H28O6. The molecule has 3 aliphatic carbocycles. The first-order chi connectivity index (χ1) is 12.6. The number of ketones is 2. The molecule has 4 rings (SSSR count). The smallest absolute Gasteiger partial charge is 0.306 e. The number of ether oxygens (including phenoxy) is 2. The molecule has 1 heterocycles.